The van der Waals surface area contributed by atoms with Crippen molar-refractivity contribution in [1.82, 2.24) is 20.0 Å². The van der Waals surface area contributed by atoms with Gasteiger partial charge < -0.3 is 10.1 Å². The molecular formula is C16H24N4O2. The Hall–Kier alpha value is -1.40. The molecule has 1 saturated carbocycles. The smallest absolute Gasteiger partial charge is 0.223 e. The first-order chi connectivity index (χ1) is 10.8. The Morgan fingerprint density at radius 1 is 1.36 bits per heavy atom. The number of fused-ring (bicyclic) bond motifs is 1. The summed E-state index contributed by atoms with van der Waals surface area (Å²) in [7, 11) is 0. The van der Waals surface area contributed by atoms with E-state index in [1.54, 1.807) is 0 Å². The maximum absolute atomic E-state index is 11.9. The standard InChI is InChI=1S/C16H24N4O2/c21-16(12-2-1-3-12)17-9-13-8-15-10-19(5-6-20(15)18-13)14-4-7-22-11-14/h8,12,14H,1-7,9-11H2,(H,17,21). The van der Waals surface area contributed by atoms with Crippen LogP contribution < -0.4 is 5.32 Å². The van der Waals surface area contributed by atoms with Gasteiger partial charge in [-0.15, -0.1) is 0 Å². The highest BCUT2D eigenvalue weighted by Crippen LogP contribution is 2.26. The predicted octanol–water partition coefficient (Wildman–Crippen LogP) is 0.904. The van der Waals surface area contributed by atoms with E-state index in [4.69, 9.17) is 4.74 Å². The fourth-order valence-electron chi connectivity index (χ4n) is 3.55. The first kappa shape index (κ1) is 14.2. The monoisotopic (exact) mass is 304 g/mol. The van der Waals surface area contributed by atoms with Crippen LogP contribution >= 0.6 is 0 Å². The third kappa shape index (κ3) is 2.77. The molecule has 1 amide bonds. The molecule has 1 aliphatic carbocycles. The summed E-state index contributed by atoms with van der Waals surface area (Å²) in [5, 5.41) is 7.66. The van der Waals surface area contributed by atoms with Gasteiger partial charge in [0, 0.05) is 31.7 Å². The van der Waals surface area contributed by atoms with Crippen molar-refractivity contribution in [2.75, 3.05) is 19.8 Å². The summed E-state index contributed by atoms with van der Waals surface area (Å²) in [6.45, 7) is 5.22. The number of hydrogen-bond acceptors (Lipinski definition) is 4. The molecule has 0 bridgehead atoms. The summed E-state index contributed by atoms with van der Waals surface area (Å²) in [5.74, 6) is 0.442. The van der Waals surface area contributed by atoms with Crippen LogP contribution in [0.2, 0.25) is 0 Å². The van der Waals surface area contributed by atoms with Crippen LogP contribution in [0.15, 0.2) is 6.07 Å². The lowest BCUT2D eigenvalue weighted by molar-refractivity contribution is -0.127. The van der Waals surface area contributed by atoms with E-state index >= 15 is 0 Å². The SMILES string of the molecule is O=C(NCc1cc2n(n1)CCN(C1CCOC1)C2)C1CCC1. The number of nitrogens with zero attached hydrogens (tertiary/aromatic N) is 3. The van der Waals surface area contributed by atoms with Crippen LogP contribution in [-0.2, 0) is 29.2 Å². The van der Waals surface area contributed by atoms with Crippen LogP contribution in [0.5, 0.6) is 0 Å². The number of carbonyl (C=O) groups is 1. The molecule has 2 aliphatic heterocycles. The Bertz CT molecular complexity index is 546. The Balaban J connectivity index is 1.35. The Kier molecular flexibility index (Phi) is 3.88. The second-order valence-corrected chi connectivity index (χ2v) is 6.68. The van der Waals surface area contributed by atoms with Gasteiger partial charge in [0.25, 0.3) is 0 Å². The van der Waals surface area contributed by atoms with Gasteiger partial charge in [-0.05, 0) is 25.3 Å². The molecule has 1 N–H and O–H groups in total. The van der Waals surface area contributed by atoms with Crippen molar-refractivity contribution in [2.45, 2.75) is 51.4 Å². The van der Waals surface area contributed by atoms with E-state index in [1.807, 2.05) is 0 Å². The summed E-state index contributed by atoms with van der Waals surface area (Å²) in [6, 6.07) is 2.70. The zero-order valence-electron chi connectivity index (χ0n) is 13.0. The van der Waals surface area contributed by atoms with Crippen molar-refractivity contribution in [3.05, 3.63) is 17.5 Å². The highest BCUT2D eigenvalue weighted by Gasteiger charge is 2.28. The highest BCUT2D eigenvalue weighted by molar-refractivity contribution is 5.79. The molecule has 1 aromatic rings. The van der Waals surface area contributed by atoms with Crippen LogP contribution in [0.25, 0.3) is 0 Å². The van der Waals surface area contributed by atoms with Gasteiger partial charge in [0.15, 0.2) is 0 Å². The molecule has 2 fully saturated rings. The van der Waals surface area contributed by atoms with Gasteiger partial charge in [-0.3, -0.25) is 14.4 Å². The van der Waals surface area contributed by atoms with Crippen molar-refractivity contribution < 1.29 is 9.53 Å². The summed E-state index contributed by atoms with van der Waals surface area (Å²) in [4.78, 5) is 14.4. The number of aromatic nitrogens is 2. The van der Waals surface area contributed by atoms with Crippen LogP contribution in [0, 0.1) is 5.92 Å². The van der Waals surface area contributed by atoms with Crippen molar-refractivity contribution in [3.63, 3.8) is 0 Å². The van der Waals surface area contributed by atoms with Crippen LogP contribution in [0.4, 0.5) is 0 Å². The Morgan fingerprint density at radius 3 is 3.00 bits per heavy atom. The van der Waals surface area contributed by atoms with E-state index in [9.17, 15) is 4.79 Å². The molecule has 6 nitrogen and oxygen atoms in total. The fraction of sp³-hybridized carbons (Fsp3) is 0.750. The van der Waals surface area contributed by atoms with E-state index in [1.165, 1.54) is 12.1 Å². The molecule has 120 valence electrons. The second kappa shape index (κ2) is 6.01. The highest BCUT2D eigenvalue weighted by atomic mass is 16.5. The van der Waals surface area contributed by atoms with Crippen LogP contribution in [-0.4, -0.2) is 46.4 Å². The second-order valence-electron chi connectivity index (χ2n) is 6.68. The van der Waals surface area contributed by atoms with Crippen molar-refractivity contribution in [1.29, 1.82) is 0 Å². The number of ether oxygens (including phenoxy) is 1. The molecule has 0 aromatic carbocycles. The quantitative estimate of drug-likeness (QED) is 0.898. The molecule has 6 heteroatoms. The topological polar surface area (TPSA) is 59.4 Å². The molecule has 1 atom stereocenters. The third-order valence-corrected chi connectivity index (χ3v) is 5.22. The fourth-order valence-corrected chi connectivity index (χ4v) is 3.55. The molecule has 1 unspecified atom stereocenters. The molecule has 3 aliphatic rings. The van der Waals surface area contributed by atoms with Gasteiger partial charge in [0.05, 0.1) is 31.1 Å². The Morgan fingerprint density at radius 2 is 2.27 bits per heavy atom. The molecule has 1 saturated heterocycles. The molecule has 4 rings (SSSR count). The van der Waals surface area contributed by atoms with Crippen molar-refractivity contribution in [3.8, 4) is 0 Å². The number of rotatable bonds is 4. The molecule has 1 aromatic heterocycles. The summed E-state index contributed by atoms with van der Waals surface area (Å²) >= 11 is 0. The minimum absolute atomic E-state index is 0.196. The summed E-state index contributed by atoms with van der Waals surface area (Å²) in [5.41, 5.74) is 2.23. The number of hydrogen-bond donors (Lipinski definition) is 1. The number of carbonyl (C=O) groups excluding carboxylic acids is 1. The lowest BCUT2D eigenvalue weighted by Crippen LogP contribution is -2.41. The largest absolute Gasteiger partial charge is 0.380 e. The number of nitrogens with one attached hydrogen (secondary N) is 1. The average molecular weight is 304 g/mol. The van der Waals surface area contributed by atoms with Gasteiger partial charge in [-0.2, -0.15) is 5.10 Å². The normalized spacial score (nSPS) is 25.7. The molecular weight excluding hydrogens is 280 g/mol. The maximum Gasteiger partial charge on any atom is 0.223 e. The van der Waals surface area contributed by atoms with Gasteiger partial charge in [-0.25, -0.2) is 0 Å². The third-order valence-electron chi connectivity index (χ3n) is 5.22. The van der Waals surface area contributed by atoms with Crippen molar-refractivity contribution in [2.24, 2.45) is 5.92 Å². The lowest BCUT2D eigenvalue weighted by Gasteiger charge is -2.31. The predicted molar refractivity (Wildman–Crippen MR) is 81.0 cm³/mol. The lowest BCUT2D eigenvalue weighted by atomic mass is 9.85. The summed E-state index contributed by atoms with van der Waals surface area (Å²) in [6.07, 6.45) is 4.42. The van der Waals surface area contributed by atoms with Gasteiger partial charge in [-0.1, -0.05) is 6.42 Å². The van der Waals surface area contributed by atoms with Gasteiger partial charge >= 0.3 is 0 Å². The zero-order valence-corrected chi connectivity index (χ0v) is 13.0. The van der Waals surface area contributed by atoms with Crippen molar-refractivity contribution >= 4 is 5.91 Å². The average Bonchev–Trinajstić information content (AvgIpc) is 3.11. The first-order valence-corrected chi connectivity index (χ1v) is 8.45. The minimum atomic E-state index is 0.196. The zero-order chi connectivity index (χ0) is 14.9. The molecule has 0 spiro atoms. The maximum atomic E-state index is 11.9. The van der Waals surface area contributed by atoms with E-state index in [0.717, 1.165) is 57.8 Å². The van der Waals surface area contributed by atoms with Crippen LogP contribution in [0.3, 0.4) is 0 Å². The first-order valence-electron chi connectivity index (χ1n) is 8.45. The van der Waals surface area contributed by atoms with E-state index in [2.05, 4.69) is 26.1 Å². The molecule has 3 heterocycles. The van der Waals surface area contributed by atoms with E-state index in [-0.39, 0.29) is 11.8 Å². The van der Waals surface area contributed by atoms with E-state index < -0.39 is 0 Å². The van der Waals surface area contributed by atoms with E-state index in [0.29, 0.717) is 12.6 Å². The van der Waals surface area contributed by atoms with Gasteiger partial charge in [0.1, 0.15) is 0 Å². The minimum Gasteiger partial charge on any atom is -0.380 e. The summed E-state index contributed by atoms with van der Waals surface area (Å²) < 4.78 is 7.59. The molecule has 22 heavy (non-hydrogen) atoms. The van der Waals surface area contributed by atoms with Gasteiger partial charge in [0.2, 0.25) is 5.91 Å². The number of amides is 1. The Labute approximate surface area is 130 Å². The molecule has 0 radical (unpaired) electrons. The van der Waals surface area contributed by atoms with Crippen LogP contribution in [0.1, 0.15) is 37.1 Å².